The highest BCUT2D eigenvalue weighted by Crippen LogP contribution is 2.16. The van der Waals surface area contributed by atoms with E-state index in [4.69, 9.17) is 6.42 Å². The van der Waals surface area contributed by atoms with Crippen LogP contribution in [0.15, 0.2) is 12.4 Å². The molecule has 0 aromatic carbocycles. The van der Waals surface area contributed by atoms with Gasteiger partial charge in [-0.05, 0) is 0 Å². The van der Waals surface area contributed by atoms with Crippen molar-refractivity contribution in [1.29, 1.82) is 0 Å². The van der Waals surface area contributed by atoms with Crippen LogP contribution in [0.1, 0.15) is 5.01 Å². The molecule has 2 rings (SSSR count). The number of thiazole rings is 1. The summed E-state index contributed by atoms with van der Waals surface area (Å²) in [5.41, 5.74) is 0.704. The third-order valence-corrected chi connectivity index (χ3v) is 2.55. The van der Waals surface area contributed by atoms with Gasteiger partial charge >= 0.3 is 0 Å². The van der Waals surface area contributed by atoms with Crippen molar-refractivity contribution in [2.24, 2.45) is 0 Å². The van der Waals surface area contributed by atoms with Crippen LogP contribution in [0.4, 0.5) is 0 Å². The molecule has 0 spiro atoms. The van der Waals surface area contributed by atoms with Crippen LogP contribution in [0.3, 0.4) is 0 Å². The fourth-order valence-electron chi connectivity index (χ4n) is 1.04. The number of terminal acetylenes is 1. The van der Waals surface area contributed by atoms with E-state index >= 15 is 0 Å². The number of aromatic nitrogens is 3. The summed E-state index contributed by atoms with van der Waals surface area (Å²) in [6.07, 6.45) is 8.42. The smallest absolute Gasteiger partial charge is 0.189 e. The van der Waals surface area contributed by atoms with Crippen molar-refractivity contribution in [3.63, 3.8) is 0 Å². The molecule has 0 aliphatic rings. The van der Waals surface area contributed by atoms with E-state index in [1.807, 2.05) is 0 Å². The maximum absolute atomic E-state index is 5.11. The van der Waals surface area contributed by atoms with Gasteiger partial charge in [0.25, 0.3) is 0 Å². The van der Waals surface area contributed by atoms with Gasteiger partial charge in [0.05, 0.1) is 6.54 Å². The molecule has 14 heavy (non-hydrogen) atoms. The van der Waals surface area contributed by atoms with E-state index < -0.39 is 0 Å². The first-order chi connectivity index (χ1) is 6.90. The Hall–Kier alpha value is -1.51. The van der Waals surface area contributed by atoms with E-state index in [-0.39, 0.29) is 0 Å². The van der Waals surface area contributed by atoms with E-state index in [9.17, 15) is 0 Å². The Bertz CT molecular complexity index is 438. The molecule has 4 nitrogen and oxygen atoms in total. The molecule has 2 aromatic heterocycles. The number of hydrogen-bond acceptors (Lipinski definition) is 5. The topological polar surface area (TPSA) is 50.7 Å². The Balaban J connectivity index is 2.15. The lowest BCUT2D eigenvalue weighted by Gasteiger charge is -1.93. The molecule has 0 saturated heterocycles. The average molecular weight is 204 g/mol. The fraction of sp³-hybridized carbons (Fsp3) is 0.222. The molecule has 0 bridgehead atoms. The number of nitrogens with zero attached hydrogens (tertiary/aromatic N) is 3. The van der Waals surface area contributed by atoms with Crippen LogP contribution in [-0.4, -0.2) is 21.5 Å². The van der Waals surface area contributed by atoms with Gasteiger partial charge in [-0.15, -0.1) is 6.42 Å². The summed E-state index contributed by atoms with van der Waals surface area (Å²) < 4.78 is 0. The Kier molecular flexibility index (Phi) is 2.68. The Morgan fingerprint density at radius 3 is 3.07 bits per heavy atom. The lowest BCUT2D eigenvalue weighted by Crippen LogP contribution is -2.12. The van der Waals surface area contributed by atoms with Crippen molar-refractivity contribution in [3.8, 4) is 12.3 Å². The molecule has 0 saturated carbocycles. The predicted octanol–water partition coefficient (Wildman–Crippen LogP) is 0.809. The zero-order valence-electron chi connectivity index (χ0n) is 7.40. The van der Waals surface area contributed by atoms with Crippen LogP contribution in [-0.2, 0) is 6.54 Å². The Morgan fingerprint density at radius 2 is 2.29 bits per heavy atom. The van der Waals surface area contributed by atoms with Gasteiger partial charge in [-0.1, -0.05) is 17.3 Å². The number of rotatable bonds is 3. The predicted molar refractivity (Wildman–Crippen MR) is 55.7 cm³/mol. The Morgan fingerprint density at radius 1 is 1.43 bits per heavy atom. The van der Waals surface area contributed by atoms with Crippen LogP contribution in [0, 0.1) is 12.3 Å². The number of hydrogen-bond donors (Lipinski definition) is 1. The first-order valence-electron chi connectivity index (χ1n) is 4.11. The summed E-state index contributed by atoms with van der Waals surface area (Å²) in [6.45, 7) is 1.23. The highest BCUT2D eigenvalue weighted by atomic mass is 32.1. The summed E-state index contributed by atoms with van der Waals surface area (Å²) in [5, 5.41) is 4.03. The number of nitrogens with one attached hydrogen (secondary N) is 1. The molecular weight excluding hydrogens is 196 g/mol. The van der Waals surface area contributed by atoms with E-state index in [1.54, 1.807) is 12.4 Å². The van der Waals surface area contributed by atoms with Crippen molar-refractivity contribution in [2.45, 2.75) is 6.54 Å². The lowest BCUT2D eigenvalue weighted by atomic mass is 10.6. The minimum Gasteiger partial charge on any atom is -0.300 e. The molecule has 0 fully saturated rings. The van der Waals surface area contributed by atoms with Crippen molar-refractivity contribution >= 4 is 21.8 Å². The van der Waals surface area contributed by atoms with Gasteiger partial charge in [0, 0.05) is 18.9 Å². The van der Waals surface area contributed by atoms with Gasteiger partial charge in [-0.3, -0.25) is 5.32 Å². The van der Waals surface area contributed by atoms with Crippen LogP contribution in [0.25, 0.3) is 10.5 Å². The van der Waals surface area contributed by atoms with Crippen LogP contribution < -0.4 is 5.32 Å². The van der Waals surface area contributed by atoms with Gasteiger partial charge in [0.1, 0.15) is 5.01 Å². The van der Waals surface area contributed by atoms with Crippen molar-refractivity contribution in [1.82, 2.24) is 20.3 Å². The minimum atomic E-state index is 0.552. The molecule has 70 valence electrons. The second-order valence-corrected chi connectivity index (χ2v) is 3.66. The van der Waals surface area contributed by atoms with E-state index in [0.717, 1.165) is 9.84 Å². The van der Waals surface area contributed by atoms with Crippen LogP contribution in [0.2, 0.25) is 0 Å². The zero-order valence-corrected chi connectivity index (χ0v) is 8.21. The molecule has 0 aliphatic carbocycles. The van der Waals surface area contributed by atoms with Gasteiger partial charge in [0.2, 0.25) is 0 Å². The fourth-order valence-corrected chi connectivity index (χ4v) is 1.87. The first kappa shape index (κ1) is 9.06. The molecule has 2 heterocycles. The van der Waals surface area contributed by atoms with Crippen molar-refractivity contribution in [2.75, 3.05) is 6.54 Å². The van der Waals surface area contributed by atoms with Crippen LogP contribution >= 0.6 is 11.3 Å². The van der Waals surface area contributed by atoms with Gasteiger partial charge < -0.3 is 0 Å². The number of fused-ring (bicyclic) bond motifs is 1. The molecule has 1 N–H and O–H groups in total. The summed E-state index contributed by atoms with van der Waals surface area (Å²) in [7, 11) is 0. The molecule has 5 heteroatoms. The summed E-state index contributed by atoms with van der Waals surface area (Å²) >= 11 is 1.53. The maximum atomic E-state index is 5.11. The van der Waals surface area contributed by atoms with Crippen LogP contribution in [0.5, 0.6) is 0 Å². The second kappa shape index (κ2) is 4.13. The average Bonchev–Trinajstić information content (AvgIpc) is 2.60. The summed E-state index contributed by atoms with van der Waals surface area (Å²) in [5.74, 6) is 2.51. The lowest BCUT2D eigenvalue weighted by molar-refractivity contribution is 0.766. The second-order valence-electron chi connectivity index (χ2n) is 2.60. The molecule has 0 aliphatic heterocycles. The highest BCUT2D eigenvalue weighted by molar-refractivity contribution is 7.18. The monoisotopic (exact) mass is 204 g/mol. The van der Waals surface area contributed by atoms with E-state index in [0.29, 0.717) is 18.7 Å². The molecular formula is C9H8N4S. The summed E-state index contributed by atoms with van der Waals surface area (Å²) in [4.78, 5) is 13.4. The van der Waals surface area contributed by atoms with Crippen molar-refractivity contribution < 1.29 is 0 Å². The summed E-state index contributed by atoms with van der Waals surface area (Å²) in [6, 6.07) is 0. The largest absolute Gasteiger partial charge is 0.300 e. The molecule has 0 amide bonds. The minimum absolute atomic E-state index is 0.552. The third-order valence-electron chi connectivity index (χ3n) is 1.59. The van der Waals surface area contributed by atoms with Gasteiger partial charge in [-0.25, -0.2) is 15.0 Å². The quantitative estimate of drug-likeness (QED) is 0.593. The maximum Gasteiger partial charge on any atom is 0.189 e. The van der Waals surface area contributed by atoms with E-state index in [1.165, 1.54) is 11.3 Å². The standard InChI is InChI=1S/C9H8N4S/c1-2-3-10-6-7-13-8-9(14-7)12-5-4-11-8/h1,4-5,10H,3,6H2. The molecule has 0 radical (unpaired) electrons. The molecule has 2 aromatic rings. The highest BCUT2D eigenvalue weighted by Gasteiger charge is 2.03. The van der Waals surface area contributed by atoms with Gasteiger partial charge in [-0.2, -0.15) is 0 Å². The first-order valence-corrected chi connectivity index (χ1v) is 4.92. The Labute approximate surface area is 85.4 Å². The molecule has 0 atom stereocenters. The van der Waals surface area contributed by atoms with Crippen molar-refractivity contribution in [3.05, 3.63) is 17.4 Å². The molecule has 0 unspecified atom stereocenters. The van der Waals surface area contributed by atoms with Gasteiger partial charge in [0.15, 0.2) is 10.5 Å². The zero-order chi connectivity index (χ0) is 9.80. The SMILES string of the molecule is C#CCNCc1nc2nccnc2s1. The normalized spacial score (nSPS) is 10.2. The third kappa shape index (κ3) is 1.87. The van der Waals surface area contributed by atoms with E-state index in [2.05, 4.69) is 26.2 Å².